The van der Waals surface area contributed by atoms with E-state index in [0.717, 1.165) is 89.9 Å². The van der Waals surface area contributed by atoms with E-state index in [1.54, 1.807) is 21.1 Å². The van der Waals surface area contributed by atoms with E-state index in [0.29, 0.717) is 19.3 Å². The first-order chi connectivity index (χ1) is 30.1. The number of hydrogen-bond acceptors (Lipinski definition) is 7. The number of carbonyl (C=O) groups excluding carboxylic acids is 3. The fraction of sp³-hybridized carbons (Fsp3) is 0.648. The first kappa shape index (κ1) is 58.2. The van der Waals surface area contributed by atoms with Gasteiger partial charge in [-0.1, -0.05) is 162 Å². The van der Waals surface area contributed by atoms with Gasteiger partial charge in [0.2, 0.25) is 0 Å². The SMILES string of the molecule is CC/C=C\C/C=C\C/C=C\C/C=C\CCCCCCCCCCCCC(=O)OC(COCCC(C(=O)[O-])[N+](C)(C)C)COC(=O)CCCC/C=C\C/C=C\C/C=C\C/C=C\CC. The molecule has 2 atom stereocenters. The van der Waals surface area contributed by atoms with Crippen LogP contribution < -0.4 is 5.11 Å². The van der Waals surface area contributed by atoms with Crippen molar-refractivity contribution in [1.29, 1.82) is 0 Å². The van der Waals surface area contributed by atoms with Crippen LogP contribution in [0.3, 0.4) is 0 Å². The molecule has 0 saturated heterocycles. The van der Waals surface area contributed by atoms with Crippen LogP contribution in [0, 0.1) is 0 Å². The summed E-state index contributed by atoms with van der Waals surface area (Å²) < 4.78 is 17.2. The van der Waals surface area contributed by atoms with Crippen LogP contribution in [0.4, 0.5) is 0 Å². The van der Waals surface area contributed by atoms with Crippen LogP contribution in [0.2, 0.25) is 0 Å². The maximum absolute atomic E-state index is 12.8. The molecule has 0 spiro atoms. The maximum atomic E-state index is 12.8. The molecule has 0 N–H and O–H groups in total. The standard InChI is InChI=1S/C54H89NO7/c1-6-8-10-12-14-16-18-20-22-23-24-25-26-27-28-29-31-33-35-37-39-41-43-45-53(57)62-50(48-60-47-46-51(54(58)59)55(3,4)5)49-61-52(56)44-42-40-38-36-34-32-30-21-19-17-15-13-11-9-7-2/h8-11,14-17,20-22,24-25,30,34,36,50-51H,6-7,12-13,18-19,23,26-29,31-33,35,37-49H2,1-5H3/b10-8-,11-9-,16-14-,17-15-,22-20-,25-24-,30-21-,36-34-. The number of nitrogens with zero attached hydrogens (tertiary/aromatic N) is 1. The fourth-order valence-corrected chi connectivity index (χ4v) is 6.52. The number of ether oxygens (including phenoxy) is 3. The highest BCUT2D eigenvalue weighted by Gasteiger charge is 2.25. The van der Waals surface area contributed by atoms with Gasteiger partial charge in [-0.15, -0.1) is 0 Å². The molecule has 0 aromatic carbocycles. The zero-order chi connectivity index (χ0) is 45.6. The van der Waals surface area contributed by atoms with E-state index in [1.807, 2.05) is 0 Å². The molecule has 8 nitrogen and oxygen atoms in total. The minimum Gasteiger partial charge on any atom is -0.544 e. The third kappa shape index (κ3) is 41.6. The number of carboxylic acids is 1. The predicted molar refractivity (Wildman–Crippen MR) is 258 cm³/mol. The van der Waals surface area contributed by atoms with Gasteiger partial charge < -0.3 is 28.6 Å². The van der Waals surface area contributed by atoms with Gasteiger partial charge in [-0.05, 0) is 89.9 Å². The third-order valence-corrected chi connectivity index (χ3v) is 10.2. The summed E-state index contributed by atoms with van der Waals surface area (Å²) >= 11 is 0. The monoisotopic (exact) mass is 864 g/mol. The zero-order valence-corrected chi connectivity index (χ0v) is 40.0. The Labute approximate surface area is 379 Å². The Bertz CT molecular complexity index is 1330. The summed E-state index contributed by atoms with van der Waals surface area (Å²) in [7, 11) is 5.39. The number of allylic oxidation sites excluding steroid dienone is 16. The van der Waals surface area contributed by atoms with Crippen molar-refractivity contribution in [2.45, 2.75) is 187 Å². The highest BCUT2D eigenvalue weighted by molar-refractivity contribution is 5.70. The summed E-state index contributed by atoms with van der Waals surface area (Å²) in [5.41, 5.74) is 0. The minimum atomic E-state index is -1.14. The average Bonchev–Trinajstić information content (AvgIpc) is 3.23. The van der Waals surface area contributed by atoms with E-state index in [-0.39, 0.29) is 42.7 Å². The van der Waals surface area contributed by atoms with Crippen molar-refractivity contribution in [2.24, 2.45) is 0 Å². The van der Waals surface area contributed by atoms with Crippen LogP contribution in [-0.2, 0) is 28.6 Å². The summed E-state index contributed by atoms with van der Waals surface area (Å²) in [6.45, 7) is 4.37. The van der Waals surface area contributed by atoms with Gasteiger partial charge >= 0.3 is 11.9 Å². The molecule has 0 aromatic heterocycles. The molecule has 0 heterocycles. The van der Waals surface area contributed by atoms with Crippen LogP contribution in [0.15, 0.2) is 97.2 Å². The lowest BCUT2D eigenvalue weighted by Crippen LogP contribution is -2.55. The van der Waals surface area contributed by atoms with Gasteiger partial charge in [-0.2, -0.15) is 0 Å². The second-order valence-electron chi connectivity index (χ2n) is 16.9. The molecule has 0 radical (unpaired) electrons. The van der Waals surface area contributed by atoms with Crippen LogP contribution >= 0.6 is 0 Å². The minimum absolute atomic E-state index is 0.0200. The summed E-state index contributed by atoms with van der Waals surface area (Å²) in [5.74, 6) is -1.80. The Morgan fingerprint density at radius 3 is 1.29 bits per heavy atom. The average molecular weight is 864 g/mol. The molecule has 0 aliphatic heterocycles. The third-order valence-electron chi connectivity index (χ3n) is 10.2. The fourth-order valence-electron chi connectivity index (χ4n) is 6.52. The molecule has 0 aliphatic rings. The lowest BCUT2D eigenvalue weighted by atomic mass is 10.0. The van der Waals surface area contributed by atoms with E-state index in [4.69, 9.17) is 14.2 Å². The van der Waals surface area contributed by atoms with Crippen molar-refractivity contribution < 1.29 is 38.2 Å². The summed E-state index contributed by atoms with van der Waals surface area (Å²) in [6.07, 6.45) is 58.7. The Balaban J connectivity index is 4.33. The van der Waals surface area contributed by atoms with Crippen LogP contribution in [0.25, 0.3) is 0 Å². The molecule has 2 unspecified atom stereocenters. The van der Waals surface area contributed by atoms with Crippen molar-refractivity contribution >= 4 is 17.9 Å². The Morgan fingerprint density at radius 2 is 0.855 bits per heavy atom. The van der Waals surface area contributed by atoms with E-state index in [2.05, 4.69) is 111 Å². The molecule has 0 aromatic rings. The molecule has 0 rings (SSSR count). The molecule has 62 heavy (non-hydrogen) atoms. The molecule has 8 heteroatoms. The van der Waals surface area contributed by atoms with Gasteiger partial charge in [0.05, 0.1) is 40.3 Å². The van der Waals surface area contributed by atoms with Gasteiger partial charge in [0.15, 0.2) is 6.10 Å². The number of quaternary nitrogens is 1. The second kappa shape index (κ2) is 43.9. The number of rotatable bonds is 42. The van der Waals surface area contributed by atoms with E-state index in [9.17, 15) is 19.5 Å². The number of hydrogen-bond donors (Lipinski definition) is 0. The second-order valence-corrected chi connectivity index (χ2v) is 16.9. The largest absolute Gasteiger partial charge is 0.544 e. The number of esters is 2. The van der Waals surface area contributed by atoms with Crippen molar-refractivity contribution in [3.8, 4) is 0 Å². The molecule has 0 aliphatic carbocycles. The number of unbranched alkanes of at least 4 members (excludes halogenated alkanes) is 12. The Hall–Kier alpha value is -3.75. The van der Waals surface area contributed by atoms with Crippen molar-refractivity contribution in [2.75, 3.05) is 41.0 Å². The van der Waals surface area contributed by atoms with Gasteiger partial charge in [-0.25, -0.2) is 0 Å². The van der Waals surface area contributed by atoms with Gasteiger partial charge in [0.25, 0.3) is 0 Å². The van der Waals surface area contributed by atoms with E-state index >= 15 is 0 Å². The van der Waals surface area contributed by atoms with Gasteiger partial charge in [0, 0.05) is 19.3 Å². The first-order valence-corrected chi connectivity index (χ1v) is 24.3. The quantitative estimate of drug-likeness (QED) is 0.0261. The van der Waals surface area contributed by atoms with E-state index < -0.39 is 18.1 Å². The van der Waals surface area contributed by atoms with Crippen molar-refractivity contribution in [1.82, 2.24) is 0 Å². The van der Waals surface area contributed by atoms with Gasteiger partial charge in [-0.3, -0.25) is 9.59 Å². The zero-order valence-electron chi connectivity index (χ0n) is 40.0. The Morgan fingerprint density at radius 1 is 0.484 bits per heavy atom. The van der Waals surface area contributed by atoms with Crippen LogP contribution in [0.5, 0.6) is 0 Å². The highest BCUT2D eigenvalue weighted by Crippen LogP contribution is 2.14. The number of carboxylic acid groups (broad SMARTS) is 1. The van der Waals surface area contributed by atoms with Crippen LogP contribution in [-0.4, -0.2) is 75.5 Å². The number of carbonyl (C=O) groups is 3. The topological polar surface area (TPSA) is 102 Å². The van der Waals surface area contributed by atoms with Crippen molar-refractivity contribution in [3.05, 3.63) is 97.2 Å². The number of aliphatic carboxylic acids is 1. The smallest absolute Gasteiger partial charge is 0.306 e. The maximum Gasteiger partial charge on any atom is 0.306 e. The lowest BCUT2D eigenvalue weighted by molar-refractivity contribution is -0.889. The number of likely N-dealkylation sites (N-methyl/N-ethyl adjacent to an activating group) is 1. The first-order valence-electron chi connectivity index (χ1n) is 24.3. The summed E-state index contributed by atoms with van der Waals surface area (Å²) in [6, 6.07) is -0.738. The molecule has 0 saturated carbocycles. The molecule has 0 bridgehead atoms. The molecular formula is C54H89NO7. The summed E-state index contributed by atoms with van der Waals surface area (Å²) in [4.78, 5) is 37.0. The molecular weight excluding hydrogens is 775 g/mol. The lowest BCUT2D eigenvalue weighted by Gasteiger charge is -2.34. The predicted octanol–water partition coefficient (Wildman–Crippen LogP) is 12.5. The Kier molecular flexibility index (Phi) is 41.2. The van der Waals surface area contributed by atoms with Crippen molar-refractivity contribution in [3.63, 3.8) is 0 Å². The normalized spacial score (nSPS) is 13.8. The van der Waals surface area contributed by atoms with Gasteiger partial charge in [0.1, 0.15) is 12.6 Å². The van der Waals surface area contributed by atoms with Crippen LogP contribution in [0.1, 0.15) is 174 Å². The summed E-state index contributed by atoms with van der Waals surface area (Å²) in [5, 5.41) is 11.6. The van der Waals surface area contributed by atoms with E-state index in [1.165, 1.54) is 44.9 Å². The molecule has 352 valence electrons. The molecule has 0 fully saturated rings. The highest BCUT2D eigenvalue weighted by atomic mass is 16.6. The molecule has 0 amide bonds.